The van der Waals surface area contributed by atoms with Gasteiger partial charge in [0.25, 0.3) is 0 Å². The molecule has 0 atom stereocenters. The Morgan fingerprint density at radius 2 is 1.58 bits per heavy atom. The molecule has 1 aliphatic carbocycles. The van der Waals surface area contributed by atoms with Crippen LogP contribution in [-0.2, 0) is 5.60 Å². The molecule has 3 nitrogen and oxygen atoms in total. The highest BCUT2D eigenvalue weighted by molar-refractivity contribution is 5.82. The summed E-state index contributed by atoms with van der Waals surface area (Å²) in [5, 5.41) is 11.4. The molecule has 2 aromatic heterocycles. The van der Waals surface area contributed by atoms with E-state index in [0.29, 0.717) is 11.3 Å². The number of hydrogen-bond acceptors (Lipinski definition) is 3. The van der Waals surface area contributed by atoms with Gasteiger partial charge in [0, 0.05) is 22.9 Å². The number of aromatic nitrogens is 1. The zero-order chi connectivity index (χ0) is 17.7. The molecular weight excluding hydrogens is 322 g/mol. The van der Waals surface area contributed by atoms with E-state index in [9.17, 15) is 5.11 Å². The van der Waals surface area contributed by atoms with Crippen molar-refractivity contribution in [1.29, 1.82) is 0 Å². The van der Waals surface area contributed by atoms with Gasteiger partial charge in [0.05, 0.1) is 0 Å². The second-order valence-corrected chi connectivity index (χ2v) is 6.50. The van der Waals surface area contributed by atoms with Crippen molar-refractivity contribution in [2.75, 3.05) is 0 Å². The van der Waals surface area contributed by atoms with Crippen LogP contribution in [0.1, 0.15) is 22.6 Å². The summed E-state index contributed by atoms with van der Waals surface area (Å²) in [6, 6.07) is 21.3. The first-order valence-electron chi connectivity index (χ1n) is 8.47. The molecule has 5 rings (SSSR count). The van der Waals surface area contributed by atoms with Gasteiger partial charge in [-0.2, -0.15) is 0 Å². The maximum absolute atomic E-state index is 11.4. The number of benzene rings is 2. The number of nitrogens with zero attached hydrogens (tertiary/aromatic N) is 1. The van der Waals surface area contributed by atoms with Gasteiger partial charge in [0.2, 0.25) is 0 Å². The third-order valence-corrected chi connectivity index (χ3v) is 4.80. The number of fused-ring (bicyclic) bond motifs is 4. The van der Waals surface area contributed by atoms with Crippen molar-refractivity contribution in [2.45, 2.75) is 12.5 Å². The minimum absolute atomic E-state index is 0.494. The first-order valence-corrected chi connectivity index (χ1v) is 8.47. The topological polar surface area (TPSA) is 46.3 Å². The van der Waals surface area contributed by atoms with Crippen molar-refractivity contribution < 1.29 is 9.52 Å². The lowest BCUT2D eigenvalue weighted by Crippen LogP contribution is -2.22. The van der Waals surface area contributed by atoms with Gasteiger partial charge in [-0.3, -0.25) is 0 Å². The standard InChI is InChI=1S/C23H15NO2/c1-15-10-11-22-21(24-15)14-16(26-22)12-13-23(25)19-8-4-2-6-17(19)18-7-3-5-9-20(18)23/h2-11,14,25H,1H3. The van der Waals surface area contributed by atoms with Crippen LogP contribution < -0.4 is 0 Å². The Labute approximate surface area is 150 Å². The molecule has 0 unspecified atom stereocenters. The maximum Gasteiger partial charge on any atom is 0.179 e. The average Bonchev–Trinajstić information content (AvgIpc) is 3.18. The Bertz CT molecular complexity index is 1180. The first-order chi connectivity index (χ1) is 12.6. The van der Waals surface area contributed by atoms with Crippen LogP contribution in [0.25, 0.3) is 22.2 Å². The molecule has 0 saturated heterocycles. The van der Waals surface area contributed by atoms with Crippen LogP contribution in [0.15, 0.2) is 71.1 Å². The molecule has 4 aromatic rings. The monoisotopic (exact) mass is 337 g/mol. The molecule has 124 valence electrons. The highest BCUT2D eigenvalue weighted by Crippen LogP contribution is 2.46. The van der Waals surface area contributed by atoms with Crippen LogP contribution in [0, 0.1) is 18.8 Å². The molecule has 0 saturated carbocycles. The molecule has 0 spiro atoms. The van der Waals surface area contributed by atoms with Crippen LogP contribution >= 0.6 is 0 Å². The fraction of sp³-hybridized carbons (Fsp3) is 0.0870. The number of aliphatic hydroxyl groups is 1. The third kappa shape index (κ3) is 2.10. The molecule has 0 amide bonds. The van der Waals surface area contributed by atoms with E-state index in [1.165, 1.54) is 0 Å². The summed E-state index contributed by atoms with van der Waals surface area (Å²) in [6.07, 6.45) is 0. The van der Waals surface area contributed by atoms with E-state index in [1.807, 2.05) is 73.7 Å². The molecule has 1 aliphatic rings. The lowest BCUT2D eigenvalue weighted by molar-refractivity contribution is 0.150. The van der Waals surface area contributed by atoms with E-state index in [0.717, 1.165) is 33.5 Å². The molecule has 2 heterocycles. The Morgan fingerprint density at radius 3 is 2.27 bits per heavy atom. The van der Waals surface area contributed by atoms with Crippen LogP contribution in [0.2, 0.25) is 0 Å². The van der Waals surface area contributed by atoms with Gasteiger partial charge in [-0.25, -0.2) is 4.98 Å². The summed E-state index contributed by atoms with van der Waals surface area (Å²) >= 11 is 0. The van der Waals surface area contributed by atoms with E-state index in [2.05, 4.69) is 16.8 Å². The van der Waals surface area contributed by atoms with Crippen LogP contribution in [0.4, 0.5) is 0 Å². The Kier molecular flexibility index (Phi) is 3.06. The fourth-order valence-corrected chi connectivity index (χ4v) is 3.59. The summed E-state index contributed by atoms with van der Waals surface area (Å²) in [6.45, 7) is 1.94. The summed E-state index contributed by atoms with van der Waals surface area (Å²) < 4.78 is 5.76. The van der Waals surface area contributed by atoms with Crippen molar-refractivity contribution in [3.63, 3.8) is 0 Å². The normalized spacial score (nSPS) is 13.8. The van der Waals surface area contributed by atoms with Crippen molar-refractivity contribution in [3.8, 4) is 23.0 Å². The quantitative estimate of drug-likeness (QED) is 0.484. The second-order valence-electron chi connectivity index (χ2n) is 6.50. The highest BCUT2D eigenvalue weighted by Gasteiger charge is 2.40. The van der Waals surface area contributed by atoms with E-state index in [1.54, 1.807) is 0 Å². The van der Waals surface area contributed by atoms with Gasteiger partial charge in [-0.15, -0.1) is 0 Å². The van der Waals surface area contributed by atoms with E-state index < -0.39 is 5.60 Å². The van der Waals surface area contributed by atoms with E-state index in [-0.39, 0.29) is 0 Å². The van der Waals surface area contributed by atoms with Gasteiger partial charge in [-0.05, 0) is 42.0 Å². The maximum atomic E-state index is 11.4. The minimum Gasteiger partial charge on any atom is -0.446 e. The molecule has 0 bridgehead atoms. The molecule has 2 aromatic carbocycles. The largest absolute Gasteiger partial charge is 0.446 e. The van der Waals surface area contributed by atoms with Crippen molar-refractivity contribution in [3.05, 3.63) is 89.3 Å². The smallest absolute Gasteiger partial charge is 0.179 e. The number of rotatable bonds is 0. The fourth-order valence-electron chi connectivity index (χ4n) is 3.59. The molecular formula is C23H15NO2. The third-order valence-electron chi connectivity index (χ3n) is 4.80. The molecule has 1 N–H and O–H groups in total. The van der Waals surface area contributed by atoms with Gasteiger partial charge in [-0.1, -0.05) is 48.5 Å². The van der Waals surface area contributed by atoms with Gasteiger partial charge in [0.15, 0.2) is 16.9 Å². The summed E-state index contributed by atoms with van der Waals surface area (Å²) in [4.78, 5) is 4.44. The molecule has 26 heavy (non-hydrogen) atoms. The molecule has 0 radical (unpaired) electrons. The second kappa shape index (κ2) is 5.32. The zero-order valence-corrected chi connectivity index (χ0v) is 14.2. The summed E-state index contributed by atoms with van der Waals surface area (Å²) in [5.41, 5.74) is 4.68. The lowest BCUT2D eigenvalue weighted by Gasteiger charge is -2.18. The number of furan rings is 1. The molecule has 0 fully saturated rings. The predicted molar refractivity (Wildman–Crippen MR) is 101 cm³/mol. The zero-order valence-electron chi connectivity index (χ0n) is 14.2. The summed E-state index contributed by atoms with van der Waals surface area (Å²) in [7, 11) is 0. The Balaban J connectivity index is 1.67. The highest BCUT2D eigenvalue weighted by atomic mass is 16.3. The van der Waals surface area contributed by atoms with Gasteiger partial charge in [0.1, 0.15) is 5.52 Å². The van der Waals surface area contributed by atoms with Crippen molar-refractivity contribution in [2.24, 2.45) is 0 Å². The van der Waals surface area contributed by atoms with Crippen LogP contribution in [0.5, 0.6) is 0 Å². The SMILES string of the molecule is Cc1ccc2oc(C#CC3(O)c4ccccc4-c4ccccc43)cc2n1. The first kappa shape index (κ1) is 14.9. The number of aryl methyl sites for hydroxylation is 1. The lowest BCUT2D eigenvalue weighted by atomic mass is 9.92. The minimum atomic E-state index is -1.35. The number of hydrogen-bond donors (Lipinski definition) is 1. The average molecular weight is 337 g/mol. The van der Waals surface area contributed by atoms with Crippen molar-refractivity contribution >= 4 is 11.1 Å². The molecule has 0 aliphatic heterocycles. The van der Waals surface area contributed by atoms with Crippen LogP contribution in [-0.4, -0.2) is 10.1 Å². The van der Waals surface area contributed by atoms with Gasteiger partial charge < -0.3 is 9.52 Å². The Hall–Kier alpha value is -3.35. The van der Waals surface area contributed by atoms with Crippen molar-refractivity contribution in [1.82, 2.24) is 4.98 Å². The molecule has 3 heteroatoms. The van der Waals surface area contributed by atoms with Crippen LogP contribution in [0.3, 0.4) is 0 Å². The number of pyridine rings is 1. The Morgan fingerprint density at radius 1 is 0.923 bits per heavy atom. The van der Waals surface area contributed by atoms with Gasteiger partial charge >= 0.3 is 0 Å². The van der Waals surface area contributed by atoms with E-state index in [4.69, 9.17) is 4.42 Å². The summed E-state index contributed by atoms with van der Waals surface area (Å²) in [5.74, 6) is 6.55. The predicted octanol–water partition coefficient (Wildman–Crippen LogP) is 4.40. The van der Waals surface area contributed by atoms with E-state index >= 15 is 0 Å².